The number of aryl methyl sites for hydroxylation is 1. The number of halogens is 1. The fraction of sp³-hybridized carbons (Fsp3) is 0.182. The van der Waals surface area contributed by atoms with Crippen molar-refractivity contribution in [3.8, 4) is 11.4 Å². The second-order valence-electron chi connectivity index (χ2n) is 10.8. The predicted molar refractivity (Wildman–Crippen MR) is 176 cm³/mol. The molecule has 2 amide bonds. The molecular weight excluding hydrogens is 607 g/mol. The minimum atomic E-state index is -1.61. The Balaban J connectivity index is 1.17. The fourth-order valence-electron chi connectivity index (χ4n) is 5.58. The second-order valence-corrected chi connectivity index (χ2v) is 11.2. The molecule has 5 aromatic rings. The monoisotopic (exact) mass is 636 g/mol. The zero-order valence-electron chi connectivity index (χ0n) is 25.1. The van der Waals surface area contributed by atoms with E-state index in [0.717, 1.165) is 16.8 Å². The third-order valence-corrected chi connectivity index (χ3v) is 8.07. The van der Waals surface area contributed by atoms with Gasteiger partial charge < -0.3 is 25.4 Å². The molecule has 0 spiro atoms. The molecule has 1 aromatic heterocycles. The maximum absolute atomic E-state index is 13.2. The average Bonchev–Trinajstić information content (AvgIpc) is 3.38. The molecular formula is C33H30BClN6O5. The lowest BCUT2D eigenvalue weighted by Gasteiger charge is -2.14. The highest BCUT2D eigenvalue weighted by Crippen LogP contribution is 2.34. The lowest BCUT2D eigenvalue weighted by atomic mass is 9.77. The van der Waals surface area contributed by atoms with E-state index in [2.05, 4.69) is 20.8 Å². The molecule has 4 aromatic carbocycles. The van der Waals surface area contributed by atoms with Gasteiger partial charge >= 0.3 is 7.12 Å². The van der Waals surface area contributed by atoms with Gasteiger partial charge in [0, 0.05) is 34.8 Å². The smallest absolute Gasteiger partial charge is 0.489 e. The topological polar surface area (TPSA) is 151 Å². The zero-order valence-corrected chi connectivity index (χ0v) is 25.8. The van der Waals surface area contributed by atoms with Crippen molar-refractivity contribution in [3.05, 3.63) is 112 Å². The Bertz CT molecular complexity index is 1980. The molecule has 0 unspecified atom stereocenters. The van der Waals surface area contributed by atoms with E-state index in [0.29, 0.717) is 49.9 Å². The van der Waals surface area contributed by atoms with E-state index in [1.54, 1.807) is 55.6 Å². The van der Waals surface area contributed by atoms with Crippen LogP contribution in [0, 0.1) is 6.92 Å². The largest absolute Gasteiger partial charge is 0.497 e. The van der Waals surface area contributed by atoms with Crippen LogP contribution in [0.2, 0.25) is 5.02 Å². The third-order valence-electron chi connectivity index (χ3n) is 7.82. The minimum absolute atomic E-state index is 0.00197. The van der Waals surface area contributed by atoms with Crippen molar-refractivity contribution >= 4 is 52.5 Å². The summed E-state index contributed by atoms with van der Waals surface area (Å²) in [7, 11) is -0.0109. The van der Waals surface area contributed by atoms with Gasteiger partial charge in [-0.25, -0.2) is 0 Å². The van der Waals surface area contributed by atoms with Crippen LogP contribution < -0.4 is 20.8 Å². The van der Waals surface area contributed by atoms with Crippen LogP contribution in [-0.2, 0) is 4.79 Å². The van der Waals surface area contributed by atoms with Crippen LogP contribution >= 0.6 is 11.6 Å². The Hall–Kier alpha value is -5.04. The van der Waals surface area contributed by atoms with Crippen LogP contribution in [0.1, 0.15) is 45.6 Å². The number of aliphatic imine (C=N–C) groups is 1. The van der Waals surface area contributed by atoms with Crippen LogP contribution in [0.25, 0.3) is 16.5 Å². The molecule has 0 saturated heterocycles. The maximum Gasteiger partial charge on any atom is 0.489 e. The van der Waals surface area contributed by atoms with Gasteiger partial charge in [0.15, 0.2) is 5.82 Å². The van der Waals surface area contributed by atoms with Gasteiger partial charge in [0.1, 0.15) is 17.6 Å². The molecule has 4 N–H and O–H groups in total. The van der Waals surface area contributed by atoms with Crippen molar-refractivity contribution in [3.63, 3.8) is 0 Å². The standard InChI is InChI=1S/C33H30BClN6O5/c1-19-39-40-32-28(38-31(20-6-9-23(35)10-7-20)26-17-24(46-2)11-13-29(26)41(19)32)18-30(42)36-14-15-37-33(43)22-8-12-25-21(16-22)4-3-5-27(25)34(44)45/h3-13,16-17,28,44-45H,14-15,18H2,1-2H3,(H,36,42)(H,37,43)/t28-/m0/s1. The highest BCUT2D eigenvalue weighted by Gasteiger charge is 2.30. The van der Waals surface area contributed by atoms with E-state index in [1.165, 1.54) is 0 Å². The van der Waals surface area contributed by atoms with Crippen LogP contribution in [0.15, 0.2) is 83.9 Å². The van der Waals surface area contributed by atoms with Crippen molar-refractivity contribution in [2.75, 3.05) is 20.2 Å². The van der Waals surface area contributed by atoms with Gasteiger partial charge in [0.2, 0.25) is 5.91 Å². The molecule has 2 heterocycles. The number of fused-ring (bicyclic) bond motifs is 4. The average molecular weight is 637 g/mol. The molecule has 232 valence electrons. The molecule has 1 aliphatic heterocycles. The summed E-state index contributed by atoms with van der Waals surface area (Å²) in [6.45, 7) is 2.24. The summed E-state index contributed by atoms with van der Waals surface area (Å²) in [4.78, 5) is 31.1. The van der Waals surface area contributed by atoms with Crippen molar-refractivity contribution in [1.82, 2.24) is 25.4 Å². The van der Waals surface area contributed by atoms with Crippen LogP contribution in [-0.4, -0.2) is 69.7 Å². The SMILES string of the molecule is COc1ccc2c(c1)C(c1ccc(Cl)cc1)=N[C@@H](CC(=O)NCCNC(=O)c1ccc3c(B(O)O)cccc3c1)c1nnc(C)n1-2. The quantitative estimate of drug-likeness (QED) is 0.144. The number of carbonyl (C=O) groups excluding carboxylic acids is 2. The van der Waals surface area contributed by atoms with E-state index < -0.39 is 13.2 Å². The fourth-order valence-corrected chi connectivity index (χ4v) is 5.71. The summed E-state index contributed by atoms with van der Waals surface area (Å²) >= 11 is 6.18. The zero-order chi connectivity index (χ0) is 32.4. The minimum Gasteiger partial charge on any atom is -0.497 e. The molecule has 6 rings (SSSR count). The highest BCUT2D eigenvalue weighted by atomic mass is 35.5. The summed E-state index contributed by atoms with van der Waals surface area (Å²) in [5.41, 5.74) is 3.88. The first-order chi connectivity index (χ1) is 22.2. The molecule has 0 radical (unpaired) electrons. The first kappa shape index (κ1) is 31.0. The summed E-state index contributed by atoms with van der Waals surface area (Å²) in [5, 5.41) is 35.6. The number of ether oxygens (including phenoxy) is 1. The summed E-state index contributed by atoms with van der Waals surface area (Å²) < 4.78 is 7.43. The molecule has 0 aliphatic carbocycles. The van der Waals surface area contributed by atoms with Gasteiger partial charge in [0.05, 0.1) is 24.9 Å². The molecule has 0 saturated carbocycles. The first-order valence-corrected chi connectivity index (χ1v) is 15.0. The van der Waals surface area contributed by atoms with E-state index in [9.17, 15) is 19.6 Å². The van der Waals surface area contributed by atoms with Crippen molar-refractivity contribution in [1.29, 1.82) is 0 Å². The number of hydrogen-bond donors (Lipinski definition) is 4. The molecule has 11 nitrogen and oxygen atoms in total. The number of nitrogens with zero attached hydrogens (tertiary/aromatic N) is 4. The Kier molecular flexibility index (Phi) is 8.84. The molecule has 13 heteroatoms. The van der Waals surface area contributed by atoms with Gasteiger partial charge in [-0.15, -0.1) is 10.2 Å². The van der Waals surface area contributed by atoms with Gasteiger partial charge in [0.25, 0.3) is 5.91 Å². The predicted octanol–water partition coefficient (Wildman–Crippen LogP) is 2.90. The number of nitrogens with one attached hydrogen (secondary N) is 2. The van der Waals surface area contributed by atoms with Gasteiger partial charge in [-0.05, 0) is 65.6 Å². The van der Waals surface area contributed by atoms with E-state index in [-0.39, 0.29) is 31.3 Å². The Morgan fingerprint density at radius 1 is 0.978 bits per heavy atom. The number of rotatable bonds is 9. The van der Waals surface area contributed by atoms with E-state index in [4.69, 9.17) is 21.3 Å². The normalized spacial score (nSPS) is 13.7. The van der Waals surface area contributed by atoms with Gasteiger partial charge in [-0.3, -0.25) is 19.1 Å². The Morgan fingerprint density at radius 3 is 2.52 bits per heavy atom. The second kappa shape index (κ2) is 13.1. The van der Waals surface area contributed by atoms with E-state index in [1.807, 2.05) is 41.8 Å². The third kappa shape index (κ3) is 6.23. The van der Waals surface area contributed by atoms with Crippen molar-refractivity contribution in [2.45, 2.75) is 19.4 Å². The number of benzene rings is 4. The lowest BCUT2D eigenvalue weighted by molar-refractivity contribution is -0.121. The van der Waals surface area contributed by atoms with Gasteiger partial charge in [-0.2, -0.15) is 0 Å². The number of hydrogen-bond acceptors (Lipinski definition) is 8. The Labute approximate surface area is 270 Å². The Morgan fingerprint density at radius 2 is 1.76 bits per heavy atom. The van der Waals surface area contributed by atoms with Gasteiger partial charge in [-0.1, -0.05) is 48.0 Å². The van der Waals surface area contributed by atoms with Crippen LogP contribution in [0.5, 0.6) is 5.75 Å². The summed E-state index contributed by atoms with van der Waals surface area (Å²) in [6, 6.07) is 22.5. The van der Waals surface area contributed by atoms with Crippen molar-refractivity contribution in [2.24, 2.45) is 4.99 Å². The number of amides is 2. The number of carbonyl (C=O) groups is 2. The lowest BCUT2D eigenvalue weighted by Crippen LogP contribution is -2.35. The van der Waals surface area contributed by atoms with Crippen LogP contribution in [0.3, 0.4) is 0 Å². The molecule has 1 aliphatic rings. The highest BCUT2D eigenvalue weighted by molar-refractivity contribution is 6.62. The maximum atomic E-state index is 13.2. The number of methoxy groups -OCH3 is 1. The summed E-state index contributed by atoms with van der Waals surface area (Å²) in [5.74, 6) is 1.26. The molecule has 1 atom stereocenters. The first-order valence-electron chi connectivity index (χ1n) is 14.6. The molecule has 46 heavy (non-hydrogen) atoms. The van der Waals surface area contributed by atoms with Crippen molar-refractivity contribution < 1.29 is 24.4 Å². The number of aromatic nitrogens is 3. The van der Waals surface area contributed by atoms with E-state index >= 15 is 0 Å². The summed E-state index contributed by atoms with van der Waals surface area (Å²) in [6.07, 6.45) is -0.00197. The van der Waals surface area contributed by atoms with Crippen LogP contribution in [0.4, 0.5) is 0 Å². The molecule has 0 bridgehead atoms. The molecule has 0 fully saturated rings.